The summed E-state index contributed by atoms with van der Waals surface area (Å²) in [6, 6.07) is 17.7. The fourth-order valence-electron chi connectivity index (χ4n) is 14.7. The third-order valence-corrected chi connectivity index (χ3v) is 22.6. The van der Waals surface area contributed by atoms with E-state index in [9.17, 15) is 48.3 Å². The Hall–Kier alpha value is -10.4. The highest BCUT2D eigenvalue weighted by Gasteiger charge is 2.61. The van der Waals surface area contributed by atoms with Crippen LogP contribution < -0.4 is 36.1 Å². The van der Waals surface area contributed by atoms with E-state index in [-0.39, 0.29) is 73.0 Å². The molecule has 8 amide bonds. The second-order valence-corrected chi connectivity index (χ2v) is 32.5. The van der Waals surface area contributed by atoms with Crippen LogP contribution in [0, 0.1) is 29.1 Å². The van der Waals surface area contributed by atoms with Gasteiger partial charge >= 0.3 is 24.2 Å². The molecule has 111 heavy (non-hydrogen) atoms. The molecule has 3 aliphatic heterocycles. The molecule has 7 aromatic rings. The number of alkyl carbamates (subject to hydrolysis) is 3. The van der Waals surface area contributed by atoms with Gasteiger partial charge in [-0.1, -0.05) is 117 Å². The number of carboxylic acid groups (broad SMARTS) is 1. The van der Waals surface area contributed by atoms with E-state index >= 15 is 0 Å². The highest BCUT2D eigenvalue weighted by atomic mass is 79.9. The molecule has 5 fully saturated rings. The number of carboxylic acids is 1. The third-order valence-electron chi connectivity index (χ3n) is 21.1. The Balaban J connectivity index is 0.000000220. The average Bonchev–Trinajstić information content (AvgIpc) is 1.59. The molecule has 5 aliphatic rings. The number of ether oxygens (including phenoxy) is 5. The number of benzene rings is 3. The lowest BCUT2D eigenvalue weighted by Crippen LogP contribution is -2.59. The first-order valence-electron chi connectivity index (χ1n) is 37.6. The van der Waals surface area contributed by atoms with E-state index in [0.29, 0.717) is 56.5 Å². The topological polar surface area (TPSA) is 373 Å². The summed E-state index contributed by atoms with van der Waals surface area (Å²) in [6.07, 6.45) is 8.97. The summed E-state index contributed by atoms with van der Waals surface area (Å²) in [7, 11) is 4.11. The van der Waals surface area contributed by atoms with Gasteiger partial charge in [0.15, 0.2) is 5.13 Å². The van der Waals surface area contributed by atoms with Crippen LogP contribution in [-0.2, 0) is 43.0 Å². The molecular formula is C80H99BrN14O15S. The molecule has 2 aliphatic carbocycles. The van der Waals surface area contributed by atoms with Gasteiger partial charge in [0.2, 0.25) is 29.5 Å². The maximum Gasteiger partial charge on any atom is 0.408 e. The smallest absolute Gasteiger partial charge is 0.408 e. The van der Waals surface area contributed by atoms with Gasteiger partial charge in [-0.15, -0.1) is 17.9 Å². The predicted octanol–water partition coefficient (Wildman–Crippen LogP) is 12.5. The van der Waals surface area contributed by atoms with Crippen molar-refractivity contribution < 1.29 is 71.9 Å². The molecule has 0 unspecified atom stereocenters. The molecule has 7 heterocycles. The summed E-state index contributed by atoms with van der Waals surface area (Å²) in [5.74, 6) is -1.44. The van der Waals surface area contributed by atoms with Crippen LogP contribution in [0.3, 0.4) is 0 Å². The molecule has 3 saturated heterocycles. The Morgan fingerprint density at radius 2 is 1.21 bits per heavy atom. The minimum absolute atomic E-state index is 0.00791. The molecule has 12 rings (SSSR count). The number of rotatable bonds is 24. The molecular weight excluding hydrogens is 1510 g/mol. The Bertz CT molecular complexity index is 4450. The number of hydrogen-bond donors (Lipinski definition) is 8. The van der Waals surface area contributed by atoms with Crippen LogP contribution in [-0.4, -0.2) is 186 Å². The maximum atomic E-state index is 14.6. The fourth-order valence-corrected chi connectivity index (χ4v) is 16.0. The van der Waals surface area contributed by atoms with Crippen molar-refractivity contribution in [2.24, 2.45) is 29.1 Å². The van der Waals surface area contributed by atoms with Crippen molar-refractivity contribution in [2.75, 3.05) is 46.3 Å². The van der Waals surface area contributed by atoms with Gasteiger partial charge in [0.1, 0.15) is 70.8 Å². The van der Waals surface area contributed by atoms with Gasteiger partial charge < -0.3 is 80.0 Å². The van der Waals surface area contributed by atoms with Gasteiger partial charge in [0.25, 0.3) is 0 Å². The number of nitrogens with zero attached hydrogens (tertiary/aromatic N) is 7. The average molecular weight is 1610 g/mol. The van der Waals surface area contributed by atoms with E-state index in [2.05, 4.69) is 98.3 Å². The fraction of sp³-hybridized carbons (Fsp3) is 0.487. The number of aliphatic carboxylic acids is 1. The van der Waals surface area contributed by atoms with Crippen LogP contribution in [0.15, 0.2) is 102 Å². The largest absolute Gasteiger partial charge is 0.495 e. The standard InChI is InChI=1S/C40H49BrN6O9S.C40H50N8O6/c1-8-21-17-40(21,36(51)52)46-34(49)27-15-23(18-47(27)35(50)32(39(4,5)6)44-38(53)56-22-11-9-10-12-22)55-29-16-25(26-19-57-37(43-26)45-33(48)20(2)3)42-31-24(29)13-14-28(54-7)30(31)41;1-23(2)33(45-39(51)53-5)37(49)47-19-7-9-31(47)35-41-21-29(43-35)27-15-11-25(12-16-27)26-13-17-28(18-14-26)30-22-42-36(44-30)32-10-8-20-48(32)38(50)34(24(3)4)46-40(52)54-6/h8,13-14,16,19-23,27,32H,1,9-12,15,17-18H2,2-7H3,(H,44,53)(H,46,49)(H,51,52)(H,43,45,48);11-18,21-24,31-34H,7-10,19-20H2,1-6H3,(H,41,43)(H,42,44)(H,45,51)(H,46,52)/t21-,23-,27+,32-,40-;31-,32-,33-,34-/m10/s1. The summed E-state index contributed by atoms with van der Waals surface area (Å²) in [6.45, 7) is 21.4. The van der Waals surface area contributed by atoms with Crippen LogP contribution in [0.5, 0.6) is 11.5 Å². The first-order valence-corrected chi connectivity index (χ1v) is 39.3. The molecule has 0 spiro atoms. The van der Waals surface area contributed by atoms with Crippen molar-refractivity contribution in [2.45, 2.75) is 181 Å². The number of thiazole rings is 1. The lowest BCUT2D eigenvalue weighted by Gasteiger charge is -2.35. The van der Waals surface area contributed by atoms with Gasteiger partial charge in [-0.3, -0.25) is 24.0 Å². The van der Waals surface area contributed by atoms with E-state index in [1.165, 1.54) is 43.6 Å². The highest BCUT2D eigenvalue weighted by molar-refractivity contribution is 9.10. The minimum atomic E-state index is -1.54. The van der Waals surface area contributed by atoms with E-state index in [1.54, 1.807) is 80.4 Å². The van der Waals surface area contributed by atoms with E-state index in [1.807, 2.05) is 52.0 Å². The van der Waals surface area contributed by atoms with Gasteiger partial charge in [0, 0.05) is 48.2 Å². The van der Waals surface area contributed by atoms with Gasteiger partial charge in [-0.2, -0.15) is 0 Å². The first kappa shape index (κ1) is 81.6. The first-order chi connectivity index (χ1) is 52.9. The van der Waals surface area contributed by atoms with Crippen molar-refractivity contribution in [3.63, 3.8) is 0 Å². The number of amides is 8. The second kappa shape index (κ2) is 34.9. The Kier molecular flexibility index (Phi) is 25.6. The Morgan fingerprint density at radius 3 is 1.68 bits per heavy atom. The number of anilines is 1. The van der Waals surface area contributed by atoms with Crippen LogP contribution in [0.25, 0.3) is 55.9 Å². The lowest BCUT2D eigenvalue weighted by molar-refractivity contribution is -0.146. The number of methoxy groups -OCH3 is 3. The molecule has 0 radical (unpaired) electrons. The quantitative estimate of drug-likeness (QED) is 0.0206. The van der Waals surface area contributed by atoms with Gasteiger partial charge in [0.05, 0.1) is 79.4 Å². The summed E-state index contributed by atoms with van der Waals surface area (Å²) >= 11 is 4.87. The van der Waals surface area contributed by atoms with Crippen molar-refractivity contribution >= 4 is 97.1 Å². The number of halogens is 1. The normalized spacial score (nSPS) is 20.4. The van der Waals surface area contributed by atoms with Crippen molar-refractivity contribution in [1.29, 1.82) is 0 Å². The molecule has 8 N–H and O–H groups in total. The van der Waals surface area contributed by atoms with Gasteiger partial charge in [-0.25, -0.2) is 39.1 Å². The second-order valence-electron chi connectivity index (χ2n) is 30.8. The third kappa shape index (κ3) is 18.5. The summed E-state index contributed by atoms with van der Waals surface area (Å²) < 4.78 is 28.0. The van der Waals surface area contributed by atoms with Crippen molar-refractivity contribution in [1.82, 2.24) is 65.9 Å². The number of nitrogens with one attached hydrogen (secondary N) is 7. The molecule has 31 heteroatoms. The number of fused-ring (bicyclic) bond motifs is 1. The van der Waals surface area contributed by atoms with Crippen LogP contribution in [0.1, 0.15) is 150 Å². The molecule has 4 aromatic heterocycles. The number of likely N-dealkylation sites (tertiary alicyclic amines) is 3. The number of H-pyrrole nitrogens is 2. The van der Waals surface area contributed by atoms with E-state index < -0.39 is 83.2 Å². The number of aromatic amines is 2. The number of pyridine rings is 1. The zero-order valence-corrected chi connectivity index (χ0v) is 67.0. The SMILES string of the molecule is C=C[C@@H]1C[C@]1(NC(=O)[C@@H]1C[C@@H](Oc2cc(-c3csc(NC(=O)C(C)C)n3)nc3c(Br)c(OC)ccc23)CN1C(=O)[C@@H](NC(=O)OC1CCCC1)C(C)(C)C)C(=O)O.COC(=O)N[C@H](C(=O)N1CCC[C@H]1c1ncc(-c2ccc(-c3ccc(-c4cnc([C@@H]5CCCN5C(=O)[C@@H](NC(=O)OC)C(C)C)[nH]4)cc3)cc2)[nH]1)C(C)C. The summed E-state index contributed by atoms with van der Waals surface area (Å²) in [4.78, 5) is 148. The number of hydrogen-bond acceptors (Lipinski definition) is 19. The Morgan fingerprint density at radius 1 is 0.667 bits per heavy atom. The molecule has 29 nitrogen and oxygen atoms in total. The number of aromatic nitrogens is 6. The predicted molar refractivity (Wildman–Crippen MR) is 420 cm³/mol. The zero-order valence-electron chi connectivity index (χ0n) is 64.6. The van der Waals surface area contributed by atoms with Crippen LogP contribution in [0.4, 0.5) is 19.5 Å². The summed E-state index contributed by atoms with van der Waals surface area (Å²) in [5.41, 5.74) is 4.83. The zero-order chi connectivity index (χ0) is 79.9. The molecule has 0 bridgehead atoms. The van der Waals surface area contributed by atoms with Crippen molar-refractivity contribution in [3.8, 4) is 56.5 Å². The number of carbonyl (C=O) groups is 9. The monoisotopic (exact) mass is 1610 g/mol. The van der Waals surface area contributed by atoms with Gasteiger partial charge in [-0.05, 0) is 125 Å². The van der Waals surface area contributed by atoms with Crippen LogP contribution in [0.2, 0.25) is 0 Å². The maximum absolute atomic E-state index is 14.6. The molecule has 3 aromatic carbocycles. The number of carbonyl (C=O) groups excluding carboxylic acids is 8. The molecule has 592 valence electrons. The minimum Gasteiger partial charge on any atom is -0.495 e. The highest BCUT2D eigenvalue weighted by Crippen LogP contribution is 2.46. The van der Waals surface area contributed by atoms with E-state index in [4.69, 9.17) is 28.7 Å². The summed E-state index contributed by atoms with van der Waals surface area (Å²) in [5, 5.41) is 26.6. The molecule has 9 atom stereocenters. The van der Waals surface area contributed by atoms with Crippen molar-refractivity contribution in [3.05, 3.63) is 113 Å². The van der Waals surface area contributed by atoms with E-state index in [0.717, 1.165) is 96.7 Å². The number of imidazole rings is 2. The molecule has 2 saturated carbocycles. The Labute approximate surface area is 657 Å². The van der Waals surface area contributed by atoms with Crippen LogP contribution >= 0.6 is 27.3 Å². The lowest BCUT2D eigenvalue weighted by atomic mass is 9.85.